The van der Waals surface area contributed by atoms with Crippen LogP contribution in [-0.2, 0) is 6.54 Å². The smallest absolute Gasteiger partial charge is 0.427 e. The van der Waals surface area contributed by atoms with E-state index in [1.807, 2.05) is 0 Å². The Bertz CT molecular complexity index is 766. The van der Waals surface area contributed by atoms with E-state index in [9.17, 15) is 13.2 Å². The monoisotopic (exact) mass is 416 g/mol. The highest BCUT2D eigenvalue weighted by Gasteiger charge is 2.49. The Balaban J connectivity index is 2.02. The summed E-state index contributed by atoms with van der Waals surface area (Å²) >= 11 is 3.36. The lowest BCUT2D eigenvalue weighted by atomic mass is 10.2. The lowest BCUT2D eigenvalue weighted by molar-refractivity contribution is -0.141. The molecule has 8 heteroatoms. The Morgan fingerprint density at radius 1 is 1.08 bits per heavy atom. The van der Waals surface area contributed by atoms with E-state index in [0.717, 1.165) is 5.56 Å². The molecule has 1 unspecified atom stereocenters. The third-order valence-electron chi connectivity index (χ3n) is 4.01. The summed E-state index contributed by atoms with van der Waals surface area (Å²) in [5.41, 5.74) is 1.49. The summed E-state index contributed by atoms with van der Waals surface area (Å²) in [7, 11) is 2.97. The number of methoxy groups -OCH3 is 2. The van der Waals surface area contributed by atoms with Crippen molar-refractivity contribution in [2.24, 2.45) is 0 Å². The van der Waals surface area contributed by atoms with E-state index in [-0.39, 0.29) is 6.54 Å². The summed E-state index contributed by atoms with van der Waals surface area (Å²) in [6.45, 7) is 0.0833. The summed E-state index contributed by atoms with van der Waals surface area (Å²) in [6.07, 6.45) is -6.28. The quantitative estimate of drug-likeness (QED) is 0.776. The maximum Gasteiger partial charge on any atom is 0.427 e. The third kappa shape index (κ3) is 3.35. The SMILES string of the molecule is COc1ccc(CN2c3c(Br)ccc(OC)c3NC2C(F)(F)F)cc1. The predicted octanol–water partition coefficient (Wildman–Crippen LogP) is 4.79. The van der Waals surface area contributed by atoms with Crippen LogP contribution in [0.4, 0.5) is 24.5 Å². The van der Waals surface area contributed by atoms with Crippen LogP contribution in [0.15, 0.2) is 40.9 Å². The van der Waals surface area contributed by atoms with E-state index in [4.69, 9.17) is 9.47 Å². The molecule has 0 saturated carbocycles. The van der Waals surface area contributed by atoms with Crippen LogP contribution in [-0.4, -0.2) is 26.6 Å². The highest BCUT2D eigenvalue weighted by molar-refractivity contribution is 9.10. The maximum absolute atomic E-state index is 13.6. The molecule has 0 aromatic heterocycles. The normalized spacial score (nSPS) is 16.4. The molecule has 4 nitrogen and oxygen atoms in total. The van der Waals surface area contributed by atoms with Gasteiger partial charge < -0.3 is 19.7 Å². The fraction of sp³-hybridized carbons (Fsp3) is 0.294. The van der Waals surface area contributed by atoms with E-state index in [0.29, 0.717) is 27.3 Å². The number of halogens is 4. The van der Waals surface area contributed by atoms with Crippen LogP contribution < -0.4 is 19.7 Å². The van der Waals surface area contributed by atoms with Crippen LogP contribution in [0, 0.1) is 0 Å². The topological polar surface area (TPSA) is 33.7 Å². The van der Waals surface area contributed by atoms with Crippen molar-refractivity contribution in [3.05, 3.63) is 46.4 Å². The van der Waals surface area contributed by atoms with Gasteiger partial charge in [-0.15, -0.1) is 0 Å². The number of fused-ring (bicyclic) bond motifs is 1. The van der Waals surface area contributed by atoms with E-state index in [1.54, 1.807) is 43.5 Å². The van der Waals surface area contributed by atoms with E-state index in [2.05, 4.69) is 21.2 Å². The fourth-order valence-corrected chi connectivity index (χ4v) is 3.40. The second-order valence-corrected chi connectivity index (χ2v) is 6.39. The number of hydrogen-bond acceptors (Lipinski definition) is 4. The first-order valence-electron chi connectivity index (χ1n) is 7.44. The summed E-state index contributed by atoms with van der Waals surface area (Å²) < 4.78 is 51.6. The Labute approximate surface area is 151 Å². The lowest BCUT2D eigenvalue weighted by Crippen LogP contribution is -2.46. The second kappa shape index (κ2) is 6.67. The molecule has 1 N–H and O–H groups in total. The van der Waals surface area contributed by atoms with Crippen molar-refractivity contribution >= 4 is 27.3 Å². The van der Waals surface area contributed by atoms with Crippen molar-refractivity contribution < 1.29 is 22.6 Å². The summed E-state index contributed by atoms with van der Waals surface area (Å²) in [6, 6.07) is 10.3. The predicted molar refractivity (Wildman–Crippen MR) is 93.3 cm³/mol. The minimum absolute atomic E-state index is 0.0833. The molecule has 0 radical (unpaired) electrons. The second-order valence-electron chi connectivity index (χ2n) is 5.54. The molecule has 3 rings (SSSR count). The molecule has 25 heavy (non-hydrogen) atoms. The summed E-state index contributed by atoms with van der Waals surface area (Å²) in [4.78, 5) is 1.28. The van der Waals surface area contributed by atoms with E-state index < -0.39 is 12.3 Å². The highest BCUT2D eigenvalue weighted by atomic mass is 79.9. The number of alkyl halides is 3. The summed E-state index contributed by atoms with van der Waals surface area (Å²) in [5.74, 6) is 1.02. The number of ether oxygens (including phenoxy) is 2. The molecule has 0 aliphatic carbocycles. The Morgan fingerprint density at radius 3 is 2.32 bits per heavy atom. The molecule has 0 saturated heterocycles. The van der Waals surface area contributed by atoms with Gasteiger partial charge in [0, 0.05) is 11.0 Å². The highest BCUT2D eigenvalue weighted by Crippen LogP contribution is 2.49. The van der Waals surface area contributed by atoms with Gasteiger partial charge >= 0.3 is 6.18 Å². The summed E-state index contributed by atoms with van der Waals surface area (Å²) in [5, 5.41) is 2.55. The Hall–Kier alpha value is -2.09. The molecule has 2 aromatic carbocycles. The van der Waals surface area contributed by atoms with Gasteiger partial charge in [-0.1, -0.05) is 12.1 Å². The molecule has 0 amide bonds. The van der Waals surface area contributed by atoms with Crippen LogP contribution in [0.1, 0.15) is 5.56 Å². The van der Waals surface area contributed by atoms with E-state index in [1.165, 1.54) is 12.0 Å². The number of nitrogens with zero attached hydrogens (tertiary/aromatic N) is 1. The van der Waals surface area contributed by atoms with Crippen LogP contribution >= 0.6 is 15.9 Å². The molecule has 1 atom stereocenters. The average molecular weight is 417 g/mol. The van der Waals surface area contributed by atoms with Gasteiger partial charge in [0.25, 0.3) is 0 Å². The van der Waals surface area contributed by atoms with Crippen LogP contribution in [0.2, 0.25) is 0 Å². The van der Waals surface area contributed by atoms with Crippen molar-refractivity contribution in [1.29, 1.82) is 0 Å². The Morgan fingerprint density at radius 2 is 1.76 bits per heavy atom. The van der Waals surface area contributed by atoms with Gasteiger partial charge in [-0.05, 0) is 45.8 Å². The molecular weight excluding hydrogens is 401 g/mol. The standard InChI is InChI=1S/C17H16BrF3N2O2/c1-24-11-5-3-10(4-6-11)9-23-15-12(18)7-8-13(25-2)14(15)22-16(23)17(19,20)21/h3-8,16,22H,9H2,1-2H3. The molecule has 1 aliphatic heterocycles. The van der Waals surface area contributed by atoms with Gasteiger partial charge in [-0.25, -0.2) is 0 Å². The minimum atomic E-state index is -4.45. The number of benzene rings is 2. The zero-order valence-corrected chi connectivity index (χ0v) is 15.1. The largest absolute Gasteiger partial charge is 0.497 e. The van der Waals surface area contributed by atoms with Gasteiger partial charge in [0.1, 0.15) is 17.2 Å². The van der Waals surface area contributed by atoms with Crippen LogP contribution in [0.5, 0.6) is 11.5 Å². The van der Waals surface area contributed by atoms with Crippen molar-refractivity contribution in [3.8, 4) is 11.5 Å². The molecule has 0 spiro atoms. The molecule has 1 aliphatic rings. The zero-order valence-electron chi connectivity index (χ0n) is 13.5. The molecule has 134 valence electrons. The molecular formula is C17H16BrF3N2O2. The fourth-order valence-electron chi connectivity index (χ4n) is 2.84. The molecule has 1 heterocycles. The average Bonchev–Trinajstić information content (AvgIpc) is 2.96. The number of rotatable bonds is 4. The lowest BCUT2D eigenvalue weighted by Gasteiger charge is -2.29. The maximum atomic E-state index is 13.6. The van der Waals surface area contributed by atoms with Gasteiger partial charge in [0.2, 0.25) is 0 Å². The first kappa shape index (κ1) is 17.7. The van der Waals surface area contributed by atoms with Crippen molar-refractivity contribution in [2.75, 3.05) is 24.4 Å². The third-order valence-corrected chi connectivity index (χ3v) is 4.65. The van der Waals surface area contributed by atoms with Crippen LogP contribution in [0.3, 0.4) is 0 Å². The van der Waals surface area contributed by atoms with Crippen molar-refractivity contribution in [3.63, 3.8) is 0 Å². The van der Waals surface area contributed by atoms with Crippen molar-refractivity contribution in [1.82, 2.24) is 0 Å². The van der Waals surface area contributed by atoms with Crippen LogP contribution in [0.25, 0.3) is 0 Å². The van der Waals surface area contributed by atoms with Crippen molar-refractivity contribution in [2.45, 2.75) is 18.9 Å². The van der Waals surface area contributed by atoms with Gasteiger partial charge in [-0.3, -0.25) is 0 Å². The van der Waals surface area contributed by atoms with Gasteiger partial charge in [0.15, 0.2) is 6.17 Å². The molecule has 2 aromatic rings. The number of nitrogens with one attached hydrogen (secondary N) is 1. The first-order valence-corrected chi connectivity index (χ1v) is 8.23. The van der Waals surface area contributed by atoms with Gasteiger partial charge in [-0.2, -0.15) is 13.2 Å². The molecule has 0 bridgehead atoms. The van der Waals surface area contributed by atoms with E-state index >= 15 is 0 Å². The zero-order chi connectivity index (χ0) is 18.2. The number of hydrogen-bond donors (Lipinski definition) is 1. The number of anilines is 2. The van der Waals surface area contributed by atoms with Gasteiger partial charge in [0.05, 0.1) is 19.9 Å². The first-order chi connectivity index (χ1) is 11.8. The minimum Gasteiger partial charge on any atom is -0.497 e. The molecule has 0 fully saturated rings. The Kier molecular flexibility index (Phi) is 4.73.